The first-order chi connectivity index (χ1) is 6.58. The number of carbonyl (C=O) groups excluding carboxylic acids is 1. The smallest absolute Gasteiger partial charge is 0.453 e. The molecule has 8 heteroatoms. The van der Waals surface area contributed by atoms with E-state index in [2.05, 4.69) is 11.3 Å². The van der Waals surface area contributed by atoms with Crippen molar-refractivity contribution in [2.24, 2.45) is 0 Å². The fraction of sp³-hybridized carbons (Fsp3) is 0.571. The molecule has 0 unspecified atom stereocenters. The number of halogens is 5. The van der Waals surface area contributed by atoms with E-state index in [0.717, 1.165) is 0 Å². The zero-order chi connectivity index (χ0) is 12.3. The molecule has 0 rings (SSSR count). The number of aliphatic hydroxyl groups is 1. The molecule has 0 atom stereocenters. The van der Waals surface area contributed by atoms with E-state index in [1.54, 1.807) is 0 Å². The molecule has 0 saturated carbocycles. The van der Waals surface area contributed by atoms with Gasteiger partial charge >= 0.3 is 18.1 Å². The fourth-order valence-electron chi connectivity index (χ4n) is 0.497. The molecule has 0 radical (unpaired) electrons. The topological polar surface area (TPSA) is 46.5 Å². The van der Waals surface area contributed by atoms with Gasteiger partial charge in [0, 0.05) is 0 Å². The summed E-state index contributed by atoms with van der Waals surface area (Å²) in [5, 5.41) is 8.33. The van der Waals surface area contributed by atoms with E-state index >= 15 is 0 Å². The molecule has 0 aliphatic rings. The number of aliphatic hydroxyl groups excluding tert-OH is 1. The van der Waals surface area contributed by atoms with Crippen LogP contribution in [0.5, 0.6) is 0 Å². The SMILES string of the molecule is C=C(O)C(=O)OCCC(F)(F)C(F)(F)F. The fourth-order valence-corrected chi connectivity index (χ4v) is 0.497. The number of carbonyl (C=O) groups is 1. The van der Waals surface area contributed by atoms with Crippen LogP contribution in [0.4, 0.5) is 22.0 Å². The van der Waals surface area contributed by atoms with Gasteiger partial charge in [-0.2, -0.15) is 22.0 Å². The Hall–Kier alpha value is -1.34. The monoisotopic (exact) mass is 234 g/mol. The number of ether oxygens (including phenoxy) is 1. The van der Waals surface area contributed by atoms with Crippen molar-refractivity contribution in [2.75, 3.05) is 6.61 Å². The normalized spacial score (nSPS) is 12.3. The molecule has 0 saturated heterocycles. The average Bonchev–Trinajstić information content (AvgIpc) is 2.01. The summed E-state index contributed by atoms with van der Waals surface area (Å²) in [6, 6.07) is 0. The second-order valence-electron chi connectivity index (χ2n) is 2.53. The van der Waals surface area contributed by atoms with Gasteiger partial charge in [0.2, 0.25) is 0 Å². The highest BCUT2D eigenvalue weighted by molar-refractivity contribution is 5.84. The predicted octanol–water partition coefficient (Wildman–Crippen LogP) is 2.19. The molecule has 88 valence electrons. The van der Waals surface area contributed by atoms with Crippen LogP contribution in [-0.4, -0.2) is 29.8 Å². The van der Waals surface area contributed by atoms with Crippen LogP contribution in [0.2, 0.25) is 0 Å². The highest BCUT2D eigenvalue weighted by Crippen LogP contribution is 2.37. The number of hydrogen-bond donors (Lipinski definition) is 1. The summed E-state index contributed by atoms with van der Waals surface area (Å²) in [6.45, 7) is 1.53. The summed E-state index contributed by atoms with van der Waals surface area (Å²) in [4.78, 5) is 10.4. The molecular weight excluding hydrogens is 227 g/mol. The molecule has 0 fully saturated rings. The van der Waals surface area contributed by atoms with E-state index in [4.69, 9.17) is 5.11 Å². The van der Waals surface area contributed by atoms with E-state index in [1.807, 2.05) is 0 Å². The van der Waals surface area contributed by atoms with Gasteiger partial charge in [0.15, 0.2) is 5.76 Å². The quantitative estimate of drug-likeness (QED) is 0.351. The summed E-state index contributed by atoms with van der Waals surface area (Å²) in [7, 11) is 0. The van der Waals surface area contributed by atoms with E-state index in [0.29, 0.717) is 0 Å². The van der Waals surface area contributed by atoms with Crippen LogP contribution in [0.1, 0.15) is 6.42 Å². The third-order valence-corrected chi connectivity index (χ3v) is 1.30. The lowest BCUT2D eigenvalue weighted by Crippen LogP contribution is -2.37. The number of hydrogen-bond acceptors (Lipinski definition) is 3. The van der Waals surface area contributed by atoms with Crippen LogP contribution in [0, 0.1) is 0 Å². The van der Waals surface area contributed by atoms with Crippen molar-refractivity contribution in [3.8, 4) is 0 Å². The molecular formula is C7H7F5O3. The number of rotatable bonds is 4. The molecule has 0 aromatic heterocycles. The molecule has 0 bridgehead atoms. The molecule has 0 aromatic rings. The molecule has 15 heavy (non-hydrogen) atoms. The maximum atomic E-state index is 12.2. The summed E-state index contributed by atoms with van der Waals surface area (Å²) in [6.07, 6.45) is -7.38. The Bertz CT molecular complexity index is 258. The third kappa shape index (κ3) is 4.13. The molecule has 3 nitrogen and oxygen atoms in total. The van der Waals surface area contributed by atoms with Crippen LogP contribution >= 0.6 is 0 Å². The lowest BCUT2D eigenvalue weighted by molar-refractivity contribution is -0.286. The Morgan fingerprint density at radius 3 is 2.07 bits per heavy atom. The van der Waals surface area contributed by atoms with Crippen molar-refractivity contribution in [1.29, 1.82) is 0 Å². The zero-order valence-corrected chi connectivity index (χ0v) is 7.27. The number of esters is 1. The van der Waals surface area contributed by atoms with Crippen molar-refractivity contribution in [1.82, 2.24) is 0 Å². The lowest BCUT2D eigenvalue weighted by atomic mass is 10.2. The van der Waals surface area contributed by atoms with Gasteiger partial charge in [-0.15, -0.1) is 0 Å². The highest BCUT2D eigenvalue weighted by Gasteiger charge is 2.56. The second-order valence-corrected chi connectivity index (χ2v) is 2.53. The van der Waals surface area contributed by atoms with Gasteiger partial charge in [-0.3, -0.25) is 0 Å². The summed E-state index contributed by atoms with van der Waals surface area (Å²) in [5.41, 5.74) is 0. The maximum absolute atomic E-state index is 12.2. The molecule has 1 N–H and O–H groups in total. The van der Waals surface area contributed by atoms with Crippen molar-refractivity contribution in [3.63, 3.8) is 0 Å². The van der Waals surface area contributed by atoms with Crippen LogP contribution in [-0.2, 0) is 9.53 Å². The number of alkyl halides is 5. The summed E-state index contributed by atoms with van der Waals surface area (Å²) in [5.74, 6) is -7.43. The molecule has 0 aliphatic carbocycles. The minimum absolute atomic E-state index is 1.06. The minimum atomic E-state index is -5.68. The van der Waals surface area contributed by atoms with E-state index < -0.39 is 36.9 Å². The van der Waals surface area contributed by atoms with Gasteiger partial charge < -0.3 is 9.84 Å². The first kappa shape index (κ1) is 13.7. The Labute approximate surface area is 81.1 Å². The summed E-state index contributed by atoms with van der Waals surface area (Å²) >= 11 is 0. The zero-order valence-electron chi connectivity index (χ0n) is 7.27. The lowest BCUT2D eigenvalue weighted by Gasteiger charge is -2.18. The van der Waals surface area contributed by atoms with Crippen molar-refractivity contribution in [2.45, 2.75) is 18.5 Å². The van der Waals surface area contributed by atoms with Crippen LogP contribution in [0.3, 0.4) is 0 Å². The Morgan fingerprint density at radius 1 is 1.27 bits per heavy atom. The standard InChI is InChI=1S/C7H7F5O3/c1-4(13)5(14)15-3-2-6(8,9)7(10,11)12/h13H,1-3H2. The van der Waals surface area contributed by atoms with Gasteiger partial charge in [-0.05, 0) is 6.58 Å². The van der Waals surface area contributed by atoms with E-state index in [9.17, 15) is 26.7 Å². The maximum Gasteiger partial charge on any atom is 0.453 e. The molecule has 0 aliphatic heterocycles. The third-order valence-electron chi connectivity index (χ3n) is 1.30. The van der Waals surface area contributed by atoms with Crippen molar-refractivity contribution >= 4 is 5.97 Å². The molecule has 0 amide bonds. The first-order valence-corrected chi connectivity index (χ1v) is 3.57. The molecule has 0 aromatic carbocycles. The van der Waals surface area contributed by atoms with Crippen LogP contribution < -0.4 is 0 Å². The van der Waals surface area contributed by atoms with Crippen LogP contribution in [0.15, 0.2) is 12.3 Å². The molecule has 0 spiro atoms. The second kappa shape index (κ2) is 4.45. The van der Waals surface area contributed by atoms with E-state index in [1.165, 1.54) is 0 Å². The first-order valence-electron chi connectivity index (χ1n) is 3.57. The van der Waals surface area contributed by atoms with Gasteiger partial charge in [-0.25, -0.2) is 4.79 Å². The molecule has 0 heterocycles. The summed E-state index contributed by atoms with van der Waals surface area (Å²) < 4.78 is 62.9. The van der Waals surface area contributed by atoms with Crippen molar-refractivity contribution in [3.05, 3.63) is 12.3 Å². The highest BCUT2D eigenvalue weighted by atomic mass is 19.4. The van der Waals surface area contributed by atoms with Gasteiger partial charge in [0.1, 0.15) is 0 Å². The van der Waals surface area contributed by atoms with Gasteiger partial charge in [0.25, 0.3) is 0 Å². The van der Waals surface area contributed by atoms with Gasteiger partial charge in [-0.1, -0.05) is 0 Å². The Morgan fingerprint density at radius 2 is 1.73 bits per heavy atom. The van der Waals surface area contributed by atoms with Crippen molar-refractivity contribution < 1.29 is 36.6 Å². The Kier molecular flexibility index (Phi) is 4.06. The van der Waals surface area contributed by atoms with Gasteiger partial charge in [0.05, 0.1) is 13.0 Å². The van der Waals surface area contributed by atoms with Crippen LogP contribution in [0.25, 0.3) is 0 Å². The van der Waals surface area contributed by atoms with E-state index in [-0.39, 0.29) is 0 Å². The largest absolute Gasteiger partial charge is 0.502 e. The average molecular weight is 234 g/mol. The minimum Gasteiger partial charge on any atom is -0.502 e. The predicted molar refractivity (Wildman–Crippen MR) is 38.3 cm³/mol. The Balaban J connectivity index is 4.07.